The molecule has 15 nitrogen and oxygen atoms in total. The number of anilines is 4. The smallest absolute Gasteiger partial charge is 0.270 e. The highest BCUT2D eigenvalue weighted by Gasteiger charge is 2.36. The number of fused-ring (bicyclic) bond motifs is 2. The van der Waals surface area contributed by atoms with Gasteiger partial charge in [-0.2, -0.15) is 0 Å². The maximum atomic E-state index is 12.7. The predicted octanol–water partition coefficient (Wildman–Crippen LogP) is 9.44. The number of pyridine rings is 2. The summed E-state index contributed by atoms with van der Waals surface area (Å²) >= 11 is 13.0. The second kappa shape index (κ2) is 19.6. The van der Waals surface area contributed by atoms with Crippen molar-refractivity contribution in [2.24, 2.45) is 0 Å². The van der Waals surface area contributed by atoms with Gasteiger partial charge in [-0.1, -0.05) is 71.7 Å². The first-order valence-corrected chi connectivity index (χ1v) is 23.6. The van der Waals surface area contributed by atoms with Crippen molar-refractivity contribution < 1.29 is 9.59 Å². The molecule has 0 spiro atoms. The van der Waals surface area contributed by atoms with E-state index in [0.29, 0.717) is 50.4 Å². The minimum Gasteiger partial charge on any atom is -0.397 e. The van der Waals surface area contributed by atoms with Crippen LogP contribution < -0.4 is 32.7 Å². The van der Waals surface area contributed by atoms with Gasteiger partial charge in [-0.15, -0.1) is 0 Å². The minimum absolute atomic E-state index is 0.107. The summed E-state index contributed by atoms with van der Waals surface area (Å²) in [6.07, 6.45) is 18.4. The van der Waals surface area contributed by atoms with Crippen molar-refractivity contribution in [1.82, 2.24) is 45.5 Å². The van der Waals surface area contributed by atoms with Gasteiger partial charge < -0.3 is 37.7 Å². The van der Waals surface area contributed by atoms with Gasteiger partial charge in [0.1, 0.15) is 11.4 Å². The van der Waals surface area contributed by atoms with Crippen LogP contribution in [0.3, 0.4) is 0 Å². The van der Waals surface area contributed by atoms with Crippen molar-refractivity contribution >= 4 is 74.8 Å². The van der Waals surface area contributed by atoms with Gasteiger partial charge >= 0.3 is 0 Å². The number of nitrogens with one attached hydrogen (secondary N) is 5. The van der Waals surface area contributed by atoms with Gasteiger partial charge in [0, 0.05) is 51.4 Å². The normalized spacial score (nSPS) is 20.9. The molecule has 2 amide bonds. The third kappa shape index (κ3) is 10.5. The minimum atomic E-state index is -0.373. The standard InChI is InChI=1S/C26H27ClN6O.C25H26ClN7O/c1-26(33-24(34)22-11-9-17(28)14-29-22)12-4-6-18(13-26)31-25-30-15-21(27)23(32-25)20-10-8-16-5-2-3-7-19(16)20;1-25(33-23(34)21-9-8-15(27)12-28-21)10-4-5-16(11-25)31-24-30-14-19(26)22(32-24)18-13-29-20-7-3-2-6-17(18)20/h2-3,5,7,9-11,14-15,18H,4,6,8,12-13,28H2,1H3,(H,33,34)(H,30,31,32);2-3,6-9,12-14,16,29H,4-5,10-11,27H2,1H3,(H,33,34)(H,30,31,32)/t18-,26+;16-,25+/m11/s1. The number of carbonyl (C=O) groups is 2. The fourth-order valence-corrected chi connectivity index (χ4v) is 9.98. The summed E-state index contributed by atoms with van der Waals surface area (Å²) in [6, 6.07) is 23.2. The molecule has 3 aliphatic carbocycles. The molecule has 7 aromatic rings. The molecular weight excluding hydrogens is 898 g/mol. The molecule has 0 aliphatic heterocycles. The summed E-state index contributed by atoms with van der Waals surface area (Å²) in [5, 5.41) is 15.4. The van der Waals surface area contributed by atoms with Crippen LogP contribution in [0.5, 0.6) is 0 Å². The number of nitrogen functional groups attached to an aromatic ring is 2. The van der Waals surface area contributed by atoms with Gasteiger partial charge in [-0.3, -0.25) is 9.59 Å². The number of halogens is 2. The lowest BCUT2D eigenvalue weighted by Gasteiger charge is -2.39. The number of allylic oxidation sites excluding steroid dienone is 1. The van der Waals surface area contributed by atoms with E-state index in [0.717, 1.165) is 85.5 Å². The Morgan fingerprint density at radius 3 is 1.79 bits per heavy atom. The van der Waals surface area contributed by atoms with E-state index < -0.39 is 0 Å². The molecule has 17 heteroatoms. The Labute approximate surface area is 404 Å². The molecule has 0 saturated heterocycles. The maximum Gasteiger partial charge on any atom is 0.270 e. The van der Waals surface area contributed by atoms with Crippen LogP contribution in [0.2, 0.25) is 10.0 Å². The summed E-state index contributed by atoms with van der Waals surface area (Å²) < 4.78 is 0. The van der Waals surface area contributed by atoms with Gasteiger partial charge in [0.25, 0.3) is 11.8 Å². The largest absolute Gasteiger partial charge is 0.397 e. The number of nitrogens with zero attached hydrogens (tertiary/aromatic N) is 6. The topological polar surface area (TPSA) is 227 Å². The van der Waals surface area contributed by atoms with Gasteiger partial charge in [-0.25, -0.2) is 29.9 Å². The number of hydrogen-bond acceptors (Lipinski definition) is 12. The first-order chi connectivity index (χ1) is 32.8. The zero-order chi connectivity index (χ0) is 47.4. The van der Waals surface area contributed by atoms with Crippen LogP contribution in [0.4, 0.5) is 23.3 Å². The molecule has 4 atom stereocenters. The molecule has 348 valence electrons. The molecule has 0 bridgehead atoms. The average Bonchev–Trinajstić information content (AvgIpc) is 3.96. The molecule has 5 aromatic heterocycles. The Kier molecular flexibility index (Phi) is 13.3. The van der Waals surface area contributed by atoms with Crippen molar-refractivity contribution in [3.63, 3.8) is 0 Å². The monoisotopic (exact) mass is 949 g/mol. The Bertz CT molecular complexity index is 3000. The lowest BCUT2D eigenvalue weighted by atomic mass is 9.80. The Hall–Kier alpha value is -7.10. The lowest BCUT2D eigenvalue weighted by molar-refractivity contribution is 0.0864. The van der Waals surface area contributed by atoms with Crippen molar-refractivity contribution in [2.45, 2.75) is 94.8 Å². The van der Waals surface area contributed by atoms with Crippen LogP contribution in [0, 0.1) is 0 Å². The van der Waals surface area contributed by atoms with E-state index >= 15 is 0 Å². The highest BCUT2D eigenvalue weighted by molar-refractivity contribution is 6.33. The molecule has 0 radical (unpaired) electrons. The Morgan fingerprint density at radius 2 is 1.21 bits per heavy atom. The van der Waals surface area contributed by atoms with Gasteiger partial charge in [0.15, 0.2) is 0 Å². The zero-order valence-corrected chi connectivity index (χ0v) is 39.3. The molecule has 10 rings (SSSR count). The number of para-hydroxylation sites is 1. The molecule has 2 fully saturated rings. The van der Waals surface area contributed by atoms with Crippen molar-refractivity contribution in [3.05, 3.63) is 148 Å². The molecule has 9 N–H and O–H groups in total. The van der Waals surface area contributed by atoms with Crippen molar-refractivity contribution in [2.75, 3.05) is 22.1 Å². The number of rotatable bonds is 10. The van der Waals surface area contributed by atoms with E-state index in [1.165, 1.54) is 23.5 Å². The fourth-order valence-electron chi connectivity index (χ4n) is 9.59. The van der Waals surface area contributed by atoms with Crippen LogP contribution in [-0.4, -0.2) is 69.9 Å². The second-order valence-corrected chi connectivity index (χ2v) is 19.2. The number of H-pyrrole nitrogens is 1. The third-order valence-electron chi connectivity index (χ3n) is 12.9. The van der Waals surface area contributed by atoms with Crippen LogP contribution >= 0.6 is 23.2 Å². The zero-order valence-electron chi connectivity index (χ0n) is 37.8. The molecule has 2 aromatic carbocycles. The number of nitrogens with two attached hydrogens (primary N) is 2. The highest BCUT2D eigenvalue weighted by Crippen LogP contribution is 2.37. The number of aromatic nitrogens is 7. The van der Waals surface area contributed by atoms with E-state index in [4.69, 9.17) is 44.6 Å². The predicted molar refractivity (Wildman–Crippen MR) is 269 cm³/mol. The quantitative estimate of drug-likeness (QED) is 0.0681. The molecule has 5 heterocycles. The molecule has 0 unspecified atom stereocenters. The summed E-state index contributed by atoms with van der Waals surface area (Å²) in [5.41, 5.74) is 19.3. The molecular formula is C51H53Cl2N13O2. The molecule has 2 saturated carbocycles. The summed E-state index contributed by atoms with van der Waals surface area (Å²) in [5.74, 6) is 0.670. The second-order valence-electron chi connectivity index (χ2n) is 18.4. The van der Waals surface area contributed by atoms with Crippen molar-refractivity contribution in [1.29, 1.82) is 0 Å². The third-order valence-corrected chi connectivity index (χ3v) is 13.5. The van der Waals surface area contributed by atoms with Crippen LogP contribution in [-0.2, 0) is 6.42 Å². The van der Waals surface area contributed by atoms with Gasteiger partial charge in [0.05, 0.1) is 57.6 Å². The number of amides is 2. The first kappa shape index (κ1) is 46.0. The average molecular weight is 951 g/mol. The summed E-state index contributed by atoms with van der Waals surface area (Å²) in [7, 11) is 0. The SMILES string of the molecule is C[C@]1(NC(=O)c2ccc(N)cn2)CCC[C@@H](Nc2ncc(Cl)c(-c3c[nH]c4ccccc34)n2)C1.C[C@]1(NC(=O)c2ccc(N)cn2)CCC[C@@H](Nc2ncc(Cl)c(C3=CCc4ccccc43)n2)C1. The number of hydrogen-bond donors (Lipinski definition) is 7. The van der Waals surface area contributed by atoms with Gasteiger partial charge in [0.2, 0.25) is 11.9 Å². The number of aromatic amines is 1. The van der Waals surface area contributed by atoms with E-state index in [1.54, 1.807) is 36.7 Å². The van der Waals surface area contributed by atoms with Crippen LogP contribution in [0.15, 0.2) is 110 Å². The van der Waals surface area contributed by atoms with E-state index in [-0.39, 0.29) is 35.0 Å². The maximum absolute atomic E-state index is 12.7. The van der Waals surface area contributed by atoms with Crippen LogP contribution in [0.25, 0.3) is 27.7 Å². The summed E-state index contributed by atoms with van der Waals surface area (Å²) in [6.45, 7) is 4.14. The Morgan fingerprint density at radius 1 is 0.662 bits per heavy atom. The molecule has 3 aliphatic rings. The lowest BCUT2D eigenvalue weighted by Crippen LogP contribution is -2.51. The van der Waals surface area contributed by atoms with E-state index in [1.807, 2.05) is 42.6 Å². The van der Waals surface area contributed by atoms with E-state index in [2.05, 4.69) is 78.2 Å². The molecule has 68 heavy (non-hydrogen) atoms. The summed E-state index contributed by atoms with van der Waals surface area (Å²) in [4.78, 5) is 55.4. The fraction of sp³-hybridized carbons (Fsp3) is 0.294. The van der Waals surface area contributed by atoms with Gasteiger partial charge in [-0.05, 0) is 113 Å². The number of benzene rings is 2. The highest BCUT2D eigenvalue weighted by atomic mass is 35.5. The van der Waals surface area contributed by atoms with Crippen molar-refractivity contribution in [3.8, 4) is 11.3 Å². The van der Waals surface area contributed by atoms with E-state index in [9.17, 15) is 9.59 Å². The number of carbonyl (C=O) groups excluding carboxylic acids is 2. The first-order valence-electron chi connectivity index (χ1n) is 22.8. The Balaban J connectivity index is 0.000000170. The van der Waals surface area contributed by atoms with Crippen LogP contribution in [0.1, 0.15) is 103 Å².